The number of fused-ring (bicyclic) bond motifs is 1. The fraction of sp³-hybridized carbons (Fsp3) is 0.500. The monoisotopic (exact) mass is 223 g/mol. The standard InChI is InChI=1S/C12H17NOS/c1-9-4-5-11-12(7-9)15-8-10(13-11)3-2-6-14/h4-5,7,10,13-14H,2-3,6,8H2,1H3. The Bertz CT molecular complexity index is 340. The molecule has 1 heterocycles. The average Bonchev–Trinajstić information content (AvgIpc) is 2.26. The first-order chi connectivity index (χ1) is 7.29. The SMILES string of the molecule is Cc1ccc2c(c1)SCC(CCCO)N2. The van der Waals surface area contributed by atoms with Crippen molar-refractivity contribution in [3.05, 3.63) is 23.8 Å². The summed E-state index contributed by atoms with van der Waals surface area (Å²) in [5.41, 5.74) is 2.57. The molecule has 0 radical (unpaired) electrons. The first-order valence-electron chi connectivity index (χ1n) is 5.40. The van der Waals surface area contributed by atoms with Gasteiger partial charge in [-0.25, -0.2) is 0 Å². The van der Waals surface area contributed by atoms with Crippen LogP contribution in [-0.4, -0.2) is 23.5 Å². The van der Waals surface area contributed by atoms with Gasteiger partial charge in [0.25, 0.3) is 0 Å². The number of hydrogen-bond acceptors (Lipinski definition) is 3. The molecule has 0 amide bonds. The summed E-state index contributed by atoms with van der Waals surface area (Å²) in [6.07, 6.45) is 1.94. The highest BCUT2D eigenvalue weighted by Gasteiger charge is 2.17. The summed E-state index contributed by atoms with van der Waals surface area (Å²) < 4.78 is 0. The lowest BCUT2D eigenvalue weighted by Crippen LogP contribution is -2.26. The van der Waals surface area contributed by atoms with Crippen molar-refractivity contribution in [3.8, 4) is 0 Å². The lowest BCUT2D eigenvalue weighted by Gasteiger charge is -2.26. The fourth-order valence-electron chi connectivity index (χ4n) is 1.81. The summed E-state index contributed by atoms with van der Waals surface area (Å²) in [6.45, 7) is 2.42. The van der Waals surface area contributed by atoms with Crippen molar-refractivity contribution in [2.75, 3.05) is 17.7 Å². The summed E-state index contributed by atoms with van der Waals surface area (Å²) in [4.78, 5) is 1.36. The largest absolute Gasteiger partial charge is 0.396 e. The Morgan fingerprint density at radius 3 is 3.20 bits per heavy atom. The summed E-state index contributed by atoms with van der Waals surface area (Å²) in [5.74, 6) is 1.11. The highest BCUT2D eigenvalue weighted by Crippen LogP contribution is 2.34. The van der Waals surface area contributed by atoms with Crippen LogP contribution < -0.4 is 5.32 Å². The maximum atomic E-state index is 8.79. The molecule has 2 N–H and O–H groups in total. The third-order valence-electron chi connectivity index (χ3n) is 2.65. The molecule has 1 aliphatic heterocycles. The van der Waals surface area contributed by atoms with Gasteiger partial charge in [-0.1, -0.05) is 6.07 Å². The van der Waals surface area contributed by atoms with Crippen LogP contribution in [0.1, 0.15) is 18.4 Å². The van der Waals surface area contributed by atoms with Crippen LogP contribution in [0.25, 0.3) is 0 Å². The van der Waals surface area contributed by atoms with Crippen molar-refractivity contribution in [2.24, 2.45) is 0 Å². The van der Waals surface area contributed by atoms with Crippen LogP contribution in [0.3, 0.4) is 0 Å². The van der Waals surface area contributed by atoms with Gasteiger partial charge in [0.05, 0.1) is 0 Å². The molecule has 82 valence electrons. The van der Waals surface area contributed by atoms with Crippen molar-refractivity contribution < 1.29 is 5.11 Å². The van der Waals surface area contributed by atoms with Gasteiger partial charge in [-0.15, -0.1) is 11.8 Å². The second kappa shape index (κ2) is 4.90. The molecule has 0 saturated carbocycles. The smallest absolute Gasteiger partial charge is 0.0480 e. The Morgan fingerprint density at radius 2 is 2.40 bits per heavy atom. The molecule has 0 aromatic heterocycles. The summed E-state index contributed by atoms with van der Waals surface area (Å²) in [5, 5.41) is 12.3. The molecule has 0 fully saturated rings. The van der Waals surface area contributed by atoms with E-state index in [0.717, 1.165) is 18.6 Å². The van der Waals surface area contributed by atoms with Crippen molar-refractivity contribution >= 4 is 17.4 Å². The highest BCUT2D eigenvalue weighted by atomic mass is 32.2. The van der Waals surface area contributed by atoms with Crippen molar-refractivity contribution in [1.82, 2.24) is 0 Å². The third kappa shape index (κ3) is 2.67. The van der Waals surface area contributed by atoms with E-state index in [1.807, 2.05) is 11.8 Å². The molecule has 1 aliphatic rings. The van der Waals surface area contributed by atoms with E-state index in [9.17, 15) is 0 Å². The normalized spacial score (nSPS) is 19.5. The van der Waals surface area contributed by atoms with Gasteiger partial charge in [0.1, 0.15) is 0 Å². The molecule has 1 unspecified atom stereocenters. The van der Waals surface area contributed by atoms with Gasteiger partial charge >= 0.3 is 0 Å². The topological polar surface area (TPSA) is 32.3 Å². The van der Waals surface area contributed by atoms with Gasteiger partial charge in [0, 0.05) is 29.0 Å². The fourth-order valence-corrected chi connectivity index (χ4v) is 3.00. The number of hydrogen-bond donors (Lipinski definition) is 2. The molecule has 0 spiro atoms. The summed E-state index contributed by atoms with van der Waals surface area (Å²) in [7, 11) is 0. The molecule has 2 rings (SSSR count). The van der Waals surface area contributed by atoms with E-state index in [4.69, 9.17) is 5.11 Å². The first-order valence-corrected chi connectivity index (χ1v) is 6.39. The van der Waals surface area contributed by atoms with Crippen LogP contribution in [0.5, 0.6) is 0 Å². The Labute approximate surface area is 95.1 Å². The second-order valence-corrected chi connectivity index (χ2v) is 5.08. The number of nitrogens with one attached hydrogen (secondary N) is 1. The Morgan fingerprint density at radius 1 is 1.53 bits per heavy atom. The first kappa shape index (κ1) is 10.8. The van der Waals surface area contributed by atoms with E-state index in [0.29, 0.717) is 12.6 Å². The number of anilines is 1. The van der Waals surface area contributed by atoms with Gasteiger partial charge in [-0.2, -0.15) is 0 Å². The molecule has 0 saturated heterocycles. The van der Waals surface area contributed by atoms with Crippen LogP contribution in [0.15, 0.2) is 23.1 Å². The Kier molecular flexibility index (Phi) is 3.54. The zero-order chi connectivity index (χ0) is 10.7. The van der Waals surface area contributed by atoms with Crippen LogP contribution in [0.4, 0.5) is 5.69 Å². The quantitative estimate of drug-likeness (QED) is 0.826. The zero-order valence-corrected chi connectivity index (χ0v) is 9.81. The molecule has 0 aliphatic carbocycles. The Hall–Kier alpha value is -0.670. The molecular formula is C12H17NOS. The number of aliphatic hydroxyl groups is 1. The number of aryl methyl sites for hydroxylation is 1. The minimum atomic E-state index is 0.295. The van der Waals surface area contributed by atoms with E-state index in [1.165, 1.54) is 16.1 Å². The van der Waals surface area contributed by atoms with Crippen molar-refractivity contribution in [1.29, 1.82) is 0 Å². The molecule has 2 nitrogen and oxygen atoms in total. The van der Waals surface area contributed by atoms with E-state index in [-0.39, 0.29) is 0 Å². The second-order valence-electron chi connectivity index (χ2n) is 4.02. The van der Waals surface area contributed by atoms with Crippen LogP contribution in [0, 0.1) is 6.92 Å². The van der Waals surface area contributed by atoms with E-state index in [1.54, 1.807) is 0 Å². The van der Waals surface area contributed by atoms with Crippen LogP contribution >= 0.6 is 11.8 Å². The molecule has 3 heteroatoms. The predicted molar refractivity (Wildman–Crippen MR) is 65.6 cm³/mol. The van der Waals surface area contributed by atoms with Gasteiger partial charge in [-0.3, -0.25) is 0 Å². The van der Waals surface area contributed by atoms with E-state index >= 15 is 0 Å². The Balaban J connectivity index is 2.03. The molecule has 1 aromatic carbocycles. The lowest BCUT2D eigenvalue weighted by atomic mass is 10.1. The van der Waals surface area contributed by atoms with Gasteiger partial charge in [0.2, 0.25) is 0 Å². The average molecular weight is 223 g/mol. The number of aliphatic hydroxyl groups excluding tert-OH is 1. The lowest BCUT2D eigenvalue weighted by molar-refractivity contribution is 0.282. The van der Waals surface area contributed by atoms with E-state index < -0.39 is 0 Å². The predicted octanol–water partition coefficient (Wildman–Crippen LogP) is 2.65. The maximum Gasteiger partial charge on any atom is 0.0480 e. The molecular weight excluding hydrogens is 206 g/mol. The van der Waals surface area contributed by atoms with Gasteiger partial charge < -0.3 is 10.4 Å². The minimum Gasteiger partial charge on any atom is -0.396 e. The summed E-state index contributed by atoms with van der Waals surface area (Å²) >= 11 is 1.92. The van der Waals surface area contributed by atoms with Crippen molar-refractivity contribution in [2.45, 2.75) is 30.7 Å². The number of rotatable bonds is 3. The minimum absolute atomic E-state index is 0.295. The molecule has 1 atom stereocenters. The molecule has 15 heavy (non-hydrogen) atoms. The zero-order valence-electron chi connectivity index (χ0n) is 8.99. The highest BCUT2D eigenvalue weighted by molar-refractivity contribution is 7.99. The van der Waals surface area contributed by atoms with Crippen molar-refractivity contribution in [3.63, 3.8) is 0 Å². The van der Waals surface area contributed by atoms with E-state index in [2.05, 4.69) is 30.4 Å². The van der Waals surface area contributed by atoms with Crippen LogP contribution in [-0.2, 0) is 0 Å². The summed E-state index contributed by atoms with van der Waals surface area (Å²) in [6, 6.07) is 7.04. The maximum absolute atomic E-state index is 8.79. The molecule has 0 bridgehead atoms. The number of thioether (sulfide) groups is 1. The number of benzene rings is 1. The third-order valence-corrected chi connectivity index (χ3v) is 3.87. The van der Waals surface area contributed by atoms with Gasteiger partial charge in [-0.05, 0) is 37.5 Å². The molecule has 1 aromatic rings. The van der Waals surface area contributed by atoms with Crippen LogP contribution in [0.2, 0.25) is 0 Å². The van der Waals surface area contributed by atoms with Gasteiger partial charge in [0.15, 0.2) is 0 Å².